The lowest BCUT2D eigenvalue weighted by atomic mass is 9.72. The summed E-state index contributed by atoms with van der Waals surface area (Å²) in [5.41, 5.74) is 3.21. The molecule has 0 fully saturated rings. The van der Waals surface area contributed by atoms with E-state index in [2.05, 4.69) is 39.8 Å². The van der Waals surface area contributed by atoms with Crippen molar-refractivity contribution in [3.63, 3.8) is 0 Å². The van der Waals surface area contributed by atoms with Crippen LogP contribution in [0.2, 0.25) is 0 Å². The van der Waals surface area contributed by atoms with E-state index in [0.717, 1.165) is 12.8 Å². The topological polar surface area (TPSA) is 43.4 Å². The summed E-state index contributed by atoms with van der Waals surface area (Å²) in [5, 5.41) is 0. The molecule has 2 aliphatic carbocycles. The van der Waals surface area contributed by atoms with Crippen LogP contribution in [0.5, 0.6) is 0 Å². The van der Waals surface area contributed by atoms with Crippen LogP contribution in [0.4, 0.5) is 0 Å². The van der Waals surface area contributed by atoms with Gasteiger partial charge in [-0.15, -0.1) is 0 Å². The maximum Gasteiger partial charge on any atom is 0.333 e. The van der Waals surface area contributed by atoms with Crippen molar-refractivity contribution in [1.82, 2.24) is 0 Å². The highest BCUT2D eigenvalue weighted by molar-refractivity contribution is 5.97. The van der Waals surface area contributed by atoms with Crippen molar-refractivity contribution in [2.45, 2.75) is 40.5 Å². The minimum Gasteiger partial charge on any atom is -0.466 e. The van der Waals surface area contributed by atoms with Crippen molar-refractivity contribution in [2.75, 3.05) is 7.11 Å². The Balaban J connectivity index is 2.30. The van der Waals surface area contributed by atoms with Crippen LogP contribution in [0.15, 0.2) is 47.1 Å². The molecule has 3 heteroatoms. The van der Waals surface area contributed by atoms with E-state index in [-0.39, 0.29) is 35.4 Å². The molecule has 0 saturated carbocycles. The van der Waals surface area contributed by atoms with E-state index < -0.39 is 0 Å². The first-order valence-corrected chi connectivity index (χ1v) is 8.67. The number of hydrogen-bond acceptors (Lipinski definition) is 3. The van der Waals surface area contributed by atoms with Crippen LogP contribution in [0.3, 0.4) is 0 Å². The molecule has 0 saturated heterocycles. The van der Waals surface area contributed by atoms with E-state index in [1.807, 2.05) is 12.2 Å². The molecule has 0 aromatic carbocycles. The molecule has 0 N–H and O–H groups in total. The Morgan fingerprint density at radius 1 is 1.25 bits per heavy atom. The molecule has 3 nitrogen and oxygen atoms in total. The molecular weight excluding hydrogens is 300 g/mol. The van der Waals surface area contributed by atoms with E-state index >= 15 is 0 Å². The van der Waals surface area contributed by atoms with E-state index in [0.29, 0.717) is 5.57 Å². The molecule has 130 valence electrons. The Labute approximate surface area is 145 Å². The molecule has 0 heterocycles. The van der Waals surface area contributed by atoms with Gasteiger partial charge >= 0.3 is 5.97 Å². The maximum absolute atomic E-state index is 12.4. The van der Waals surface area contributed by atoms with E-state index in [1.165, 1.54) is 18.3 Å². The standard InChI is InChI=1S/C21H28O3/c1-13(2)7-6-8-14(3)16-10-11-17(21(23)24-5)20(16)19-15(4)9-12-18(19)22/h7-9,11-12,15-16,19-20H,6,10H2,1-5H3. The Morgan fingerprint density at radius 2 is 1.96 bits per heavy atom. The zero-order chi connectivity index (χ0) is 17.9. The minimum absolute atomic E-state index is 0.0853. The number of hydrogen-bond donors (Lipinski definition) is 0. The van der Waals surface area contributed by atoms with Gasteiger partial charge in [-0.05, 0) is 51.5 Å². The number of allylic oxidation sites excluding steroid dienone is 7. The lowest BCUT2D eigenvalue weighted by Crippen LogP contribution is -2.32. The molecule has 0 bridgehead atoms. The molecule has 2 rings (SSSR count). The zero-order valence-corrected chi connectivity index (χ0v) is 15.3. The highest BCUT2D eigenvalue weighted by Crippen LogP contribution is 2.46. The van der Waals surface area contributed by atoms with Crippen LogP contribution in [-0.4, -0.2) is 18.9 Å². The molecule has 2 aliphatic rings. The third kappa shape index (κ3) is 3.77. The predicted octanol–water partition coefficient (Wildman–Crippen LogP) is 4.42. The lowest BCUT2D eigenvalue weighted by molar-refractivity contribution is -0.137. The van der Waals surface area contributed by atoms with Crippen molar-refractivity contribution in [1.29, 1.82) is 0 Å². The monoisotopic (exact) mass is 328 g/mol. The fourth-order valence-corrected chi connectivity index (χ4v) is 3.88. The molecule has 0 aromatic rings. The lowest BCUT2D eigenvalue weighted by Gasteiger charge is -2.30. The molecule has 0 aromatic heterocycles. The first kappa shape index (κ1) is 18.4. The highest BCUT2D eigenvalue weighted by atomic mass is 16.5. The summed E-state index contributed by atoms with van der Waals surface area (Å²) in [6.07, 6.45) is 11.7. The summed E-state index contributed by atoms with van der Waals surface area (Å²) in [7, 11) is 1.41. The first-order valence-electron chi connectivity index (χ1n) is 8.67. The fraction of sp³-hybridized carbons (Fsp3) is 0.524. The summed E-state index contributed by atoms with van der Waals surface area (Å²) in [4.78, 5) is 24.6. The van der Waals surface area contributed by atoms with Crippen LogP contribution in [-0.2, 0) is 14.3 Å². The van der Waals surface area contributed by atoms with Gasteiger partial charge in [0.15, 0.2) is 5.78 Å². The van der Waals surface area contributed by atoms with Crippen molar-refractivity contribution in [3.05, 3.63) is 47.1 Å². The van der Waals surface area contributed by atoms with Crippen molar-refractivity contribution in [3.8, 4) is 0 Å². The Kier molecular flexibility index (Phi) is 5.98. The van der Waals surface area contributed by atoms with Gasteiger partial charge in [-0.1, -0.05) is 42.4 Å². The Morgan fingerprint density at radius 3 is 2.50 bits per heavy atom. The van der Waals surface area contributed by atoms with Gasteiger partial charge < -0.3 is 4.74 Å². The summed E-state index contributed by atoms with van der Waals surface area (Å²) in [6, 6.07) is 0. The van der Waals surface area contributed by atoms with Gasteiger partial charge in [0.2, 0.25) is 0 Å². The number of carbonyl (C=O) groups is 2. The zero-order valence-electron chi connectivity index (χ0n) is 15.3. The van der Waals surface area contributed by atoms with Gasteiger partial charge in [-0.2, -0.15) is 0 Å². The van der Waals surface area contributed by atoms with Gasteiger partial charge in [0.25, 0.3) is 0 Å². The van der Waals surface area contributed by atoms with Gasteiger partial charge in [0.05, 0.1) is 7.11 Å². The number of esters is 1. The Hall–Kier alpha value is -1.90. The van der Waals surface area contributed by atoms with Gasteiger partial charge in [0, 0.05) is 17.4 Å². The van der Waals surface area contributed by atoms with Crippen LogP contribution < -0.4 is 0 Å². The quantitative estimate of drug-likeness (QED) is 0.554. The second-order valence-electron chi connectivity index (χ2n) is 7.13. The average molecular weight is 328 g/mol. The second-order valence-corrected chi connectivity index (χ2v) is 7.13. The number of carbonyl (C=O) groups excluding carboxylic acids is 2. The van der Waals surface area contributed by atoms with E-state index in [4.69, 9.17) is 4.74 Å². The third-order valence-electron chi connectivity index (χ3n) is 5.20. The summed E-state index contributed by atoms with van der Waals surface area (Å²) in [5.74, 6) is -0.0620. The molecular formula is C21H28O3. The summed E-state index contributed by atoms with van der Waals surface area (Å²) < 4.78 is 4.97. The van der Waals surface area contributed by atoms with Gasteiger partial charge in [-0.3, -0.25) is 4.79 Å². The SMILES string of the molecule is COC(=O)C1=CCC(C(C)=CCC=C(C)C)C1C1C(=O)C=CC1C. The minimum atomic E-state index is -0.300. The first-order chi connectivity index (χ1) is 11.4. The van der Waals surface area contributed by atoms with Crippen LogP contribution in [0, 0.1) is 23.7 Å². The molecule has 4 atom stereocenters. The number of rotatable bonds is 5. The van der Waals surface area contributed by atoms with E-state index in [1.54, 1.807) is 6.08 Å². The van der Waals surface area contributed by atoms with Gasteiger partial charge in [0.1, 0.15) is 0 Å². The third-order valence-corrected chi connectivity index (χ3v) is 5.20. The van der Waals surface area contributed by atoms with Gasteiger partial charge in [-0.25, -0.2) is 4.79 Å². The number of ether oxygens (including phenoxy) is 1. The normalized spacial score (nSPS) is 29.6. The predicted molar refractivity (Wildman–Crippen MR) is 96.3 cm³/mol. The molecule has 24 heavy (non-hydrogen) atoms. The number of ketones is 1. The molecule has 0 aliphatic heterocycles. The van der Waals surface area contributed by atoms with E-state index in [9.17, 15) is 9.59 Å². The van der Waals surface area contributed by atoms with Crippen molar-refractivity contribution in [2.24, 2.45) is 23.7 Å². The summed E-state index contributed by atoms with van der Waals surface area (Å²) in [6.45, 7) is 8.34. The average Bonchev–Trinajstić information content (AvgIpc) is 3.09. The highest BCUT2D eigenvalue weighted by Gasteiger charge is 2.45. The van der Waals surface area contributed by atoms with Crippen molar-refractivity contribution >= 4 is 11.8 Å². The van der Waals surface area contributed by atoms with Crippen molar-refractivity contribution < 1.29 is 14.3 Å². The summed E-state index contributed by atoms with van der Waals surface area (Å²) >= 11 is 0. The smallest absolute Gasteiger partial charge is 0.333 e. The number of methoxy groups -OCH3 is 1. The molecule has 0 spiro atoms. The Bertz CT molecular complexity index is 629. The van der Waals surface area contributed by atoms with Crippen LogP contribution in [0.25, 0.3) is 0 Å². The largest absolute Gasteiger partial charge is 0.466 e. The molecule has 0 amide bonds. The maximum atomic E-state index is 12.4. The van der Waals surface area contributed by atoms with Crippen LogP contribution in [0.1, 0.15) is 40.5 Å². The fourth-order valence-electron chi connectivity index (χ4n) is 3.88. The second kappa shape index (κ2) is 7.78. The van der Waals surface area contributed by atoms with Crippen LogP contribution >= 0.6 is 0 Å². The molecule has 0 radical (unpaired) electrons. The molecule has 4 unspecified atom stereocenters.